The number of aliphatic hydroxyl groups is 1. The van der Waals surface area contributed by atoms with Crippen LogP contribution in [0.1, 0.15) is 20.3 Å². The van der Waals surface area contributed by atoms with E-state index in [4.69, 9.17) is 5.73 Å². The standard InChI is InChI=1S/C10H16N2OS/c1-10(2,13)4-6-14-9-3-5-12-7-8(9)11/h3,5,7,13H,4,6,11H2,1-2H3. The largest absolute Gasteiger partial charge is 0.397 e. The minimum atomic E-state index is -0.602. The second-order valence-electron chi connectivity index (χ2n) is 3.82. The van der Waals surface area contributed by atoms with E-state index in [0.717, 1.165) is 17.1 Å². The number of anilines is 1. The smallest absolute Gasteiger partial charge is 0.0638 e. The SMILES string of the molecule is CC(C)(O)CCSc1ccncc1N. The molecule has 0 aliphatic heterocycles. The Labute approximate surface area is 88.7 Å². The van der Waals surface area contributed by atoms with Crippen LogP contribution >= 0.6 is 11.8 Å². The van der Waals surface area contributed by atoms with Crippen molar-refractivity contribution in [3.8, 4) is 0 Å². The van der Waals surface area contributed by atoms with Gasteiger partial charge in [-0.2, -0.15) is 0 Å². The van der Waals surface area contributed by atoms with Crippen LogP contribution in [0.25, 0.3) is 0 Å². The normalized spacial score (nSPS) is 11.6. The molecule has 14 heavy (non-hydrogen) atoms. The molecule has 0 aromatic carbocycles. The van der Waals surface area contributed by atoms with E-state index in [1.54, 1.807) is 24.2 Å². The fraction of sp³-hybridized carbons (Fsp3) is 0.500. The van der Waals surface area contributed by atoms with Gasteiger partial charge in [-0.3, -0.25) is 4.98 Å². The highest BCUT2D eigenvalue weighted by Crippen LogP contribution is 2.25. The van der Waals surface area contributed by atoms with Crippen LogP contribution in [-0.2, 0) is 0 Å². The van der Waals surface area contributed by atoms with Crippen molar-refractivity contribution in [2.24, 2.45) is 0 Å². The molecular weight excluding hydrogens is 196 g/mol. The molecule has 0 atom stereocenters. The van der Waals surface area contributed by atoms with Gasteiger partial charge >= 0.3 is 0 Å². The zero-order valence-electron chi connectivity index (χ0n) is 8.53. The molecule has 1 rings (SSSR count). The van der Waals surface area contributed by atoms with Gasteiger partial charge in [0, 0.05) is 16.8 Å². The average Bonchev–Trinajstić information content (AvgIpc) is 2.06. The van der Waals surface area contributed by atoms with Gasteiger partial charge < -0.3 is 10.8 Å². The molecule has 0 unspecified atom stereocenters. The van der Waals surface area contributed by atoms with Crippen molar-refractivity contribution in [1.29, 1.82) is 0 Å². The highest BCUT2D eigenvalue weighted by Gasteiger charge is 2.12. The summed E-state index contributed by atoms with van der Waals surface area (Å²) in [7, 11) is 0. The van der Waals surface area contributed by atoms with Crippen LogP contribution in [0.5, 0.6) is 0 Å². The van der Waals surface area contributed by atoms with Crippen LogP contribution in [-0.4, -0.2) is 21.4 Å². The lowest BCUT2D eigenvalue weighted by molar-refractivity contribution is 0.0778. The van der Waals surface area contributed by atoms with Gasteiger partial charge in [0.15, 0.2) is 0 Å². The molecule has 0 saturated heterocycles. The van der Waals surface area contributed by atoms with Crippen molar-refractivity contribution in [2.45, 2.75) is 30.8 Å². The summed E-state index contributed by atoms with van der Waals surface area (Å²) in [6.07, 6.45) is 4.12. The number of nitrogens with two attached hydrogens (primary N) is 1. The van der Waals surface area contributed by atoms with E-state index in [1.807, 2.05) is 19.9 Å². The third-order valence-electron chi connectivity index (χ3n) is 1.78. The summed E-state index contributed by atoms with van der Waals surface area (Å²) < 4.78 is 0. The Hall–Kier alpha value is -0.740. The fourth-order valence-electron chi connectivity index (χ4n) is 0.936. The molecule has 0 radical (unpaired) electrons. The molecule has 0 bridgehead atoms. The summed E-state index contributed by atoms with van der Waals surface area (Å²) in [5.74, 6) is 0.859. The highest BCUT2D eigenvalue weighted by molar-refractivity contribution is 7.99. The van der Waals surface area contributed by atoms with Crippen LogP contribution in [0, 0.1) is 0 Å². The lowest BCUT2D eigenvalue weighted by Crippen LogP contribution is -2.19. The molecule has 1 aromatic rings. The first kappa shape index (κ1) is 11.3. The molecule has 0 aliphatic rings. The Morgan fingerprint density at radius 1 is 1.57 bits per heavy atom. The van der Waals surface area contributed by atoms with Crippen molar-refractivity contribution >= 4 is 17.4 Å². The van der Waals surface area contributed by atoms with E-state index in [1.165, 1.54) is 0 Å². The lowest BCUT2D eigenvalue weighted by Gasteiger charge is -2.16. The molecule has 3 N–H and O–H groups in total. The van der Waals surface area contributed by atoms with Crippen molar-refractivity contribution in [3.63, 3.8) is 0 Å². The monoisotopic (exact) mass is 212 g/mol. The van der Waals surface area contributed by atoms with E-state index >= 15 is 0 Å². The van der Waals surface area contributed by atoms with Gasteiger partial charge in [-0.05, 0) is 26.3 Å². The van der Waals surface area contributed by atoms with Gasteiger partial charge in [-0.15, -0.1) is 11.8 Å². The molecule has 0 fully saturated rings. The van der Waals surface area contributed by atoms with Crippen molar-refractivity contribution in [1.82, 2.24) is 4.98 Å². The van der Waals surface area contributed by atoms with E-state index in [9.17, 15) is 5.11 Å². The number of nitrogen functional groups attached to an aromatic ring is 1. The second kappa shape index (κ2) is 4.66. The van der Waals surface area contributed by atoms with E-state index in [2.05, 4.69) is 4.98 Å². The number of rotatable bonds is 4. The molecular formula is C10H16N2OS. The Morgan fingerprint density at radius 3 is 2.86 bits per heavy atom. The highest BCUT2D eigenvalue weighted by atomic mass is 32.2. The van der Waals surface area contributed by atoms with E-state index in [-0.39, 0.29) is 0 Å². The first-order valence-corrected chi connectivity index (χ1v) is 5.52. The molecule has 78 valence electrons. The van der Waals surface area contributed by atoms with Crippen LogP contribution in [0.2, 0.25) is 0 Å². The molecule has 3 nitrogen and oxygen atoms in total. The fourth-order valence-corrected chi connectivity index (χ4v) is 2.13. The minimum absolute atomic E-state index is 0.602. The zero-order chi connectivity index (χ0) is 10.6. The number of thioether (sulfide) groups is 1. The maximum Gasteiger partial charge on any atom is 0.0638 e. The topological polar surface area (TPSA) is 59.1 Å². The Balaban J connectivity index is 2.43. The number of hydrogen-bond donors (Lipinski definition) is 2. The predicted molar refractivity (Wildman–Crippen MR) is 60.3 cm³/mol. The van der Waals surface area contributed by atoms with Crippen LogP contribution in [0.3, 0.4) is 0 Å². The summed E-state index contributed by atoms with van der Waals surface area (Å²) in [5, 5.41) is 9.51. The van der Waals surface area contributed by atoms with Crippen molar-refractivity contribution in [2.75, 3.05) is 11.5 Å². The maximum absolute atomic E-state index is 9.51. The first-order chi connectivity index (χ1) is 6.49. The van der Waals surface area contributed by atoms with Gasteiger partial charge in [-0.25, -0.2) is 0 Å². The van der Waals surface area contributed by atoms with Gasteiger partial charge in [0.1, 0.15) is 0 Å². The summed E-state index contributed by atoms with van der Waals surface area (Å²) in [6, 6.07) is 1.89. The summed E-state index contributed by atoms with van der Waals surface area (Å²) in [6.45, 7) is 3.62. The van der Waals surface area contributed by atoms with Crippen LogP contribution in [0.15, 0.2) is 23.4 Å². The van der Waals surface area contributed by atoms with E-state index < -0.39 is 5.60 Å². The van der Waals surface area contributed by atoms with Crippen LogP contribution in [0.4, 0.5) is 5.69 Å². The molecule has 0 spiro atoms. The van der Waals surface area contributed by atoms with E-state index in [0.29, 0.717) is 5.69 Å². The van der Waals surface area contributed by atoms with Gasteiger partial charge in [0.25, 0.3) is 0 Å². The number of hydrogen-bond acceptors (Lipinski definition) is 4. The molecule has 0 saturated carbocycles. The summed E-state index contributed by atoms with van der Waals surface area (Å²) in [4.78, 5) is 4.95. The predicted octanol–water partition coefficient (Wildman–Crippen LogP) is 1.92. The molecule has 1 heterocycles. The molecule has 4 heteroatoms. The quantitative estimate of drug-likeness (QED) is 0.749. The number of nitrogens with zero attached hydrogens (tertiary/aromatic N) is 1. The number of pyridine rings is 1. The van der Waals surface area contributed by atoms with Crippen LogP contribution < -0.4 is 5.73 Å². The van der Waals surface area contributed by atoms with Gasteiger partial charge in [0.05, 0.1) is 17.5 Å². The second-order valence-corrected chi connectivity index (χ2v) is 4.96. The first-order valence-electron chi connectivity index (χ1n) is 4.54. The Morgan fingerprint density at radius 2 is 2.29 bits per heavy atom. The number of aromatic nitrogens is 1. The van der Waals surface area contributed by atoms with Gasteiger partial charge in [-0.1, -0.05) is 0 Å². The van der Waals surface area contributed by atoms with Crippen molar-refractivity contribution in [3.05, 3.63) is 18.5 Å². The molecule has 0 aliphatic carbocycles. The molecule has 1 aromatic heterocycles. The van der Waals surface area contributed by atoms with Gasteiger partial charge in [0.2, 0.25) is 0 Å². The summed E-state index contributed by atoms with van der Waals surface area (Å²) >= 11 is 1.65. The third kappa shape index (κ3) is 3.98. The molecule has 0 amide bonds. The zero-order valence-corrected chi connectivity index (χ0v) is 9.34. The lowest BCUT2D eigenvalue weighted by atomic mass is 10.1. The van der Waals surface area contributed by atoms with Crippen molar-refractivity contribution < 1.29 is 5.11 Å². The average molecular weight is 212 g/mol. The summed E-state index contributed by atoms with van der Waals surface area (Å²) in [5.41, 5.74) is 5.82. The third-order valence-corrected chi connectivity index (χ3v) is 2.87. The Bertz CT molecular complexity index is 296. The maximum atomic E-state index is 9.51. The minimum Gasteiger partial charge on any atom is -0.397 e. The Kier molecular flexibility index (Phi) is 3.77.